The topological polar surface area (TPSA) is 0 Å². The van der Waals surface area contributed by atoms with E-state index >= 15 is 0 Å². The maximum atomic E-state index is 4.63. The van der Waals surface area contributed by atoms with Gasteiger partial charge in [0.2, 0.25) is 0 Å². The van der Waals surface area contributed by atoms with Crippen LogP contribution in [0.2, 0.25) is 0 Å². The molecular formula is C3H6BrS. The molecule has 31 valence electrons. The first-order chi connectivity index (χ1) is 2.27. The predicted octanol–water partition coefficient (Wildman–Crippen LogP) is 1.97. The molecule has 0 nitrogen and oxygen atoms in total. The van der Waals surface area contributed by atoms with Gasteiger partial charge in [-0.3, -0.25) is 0 Å². The fourth-order valence-electron chi connectivity index (χ4n) is 0. The van der Waals surface area contributed by atoms with Crippen LogP contribution in [0.5, 0.6) is 0 Å². The van der Waals surface area contributed by atoms with E-state index in [0.29, 0.717) is 4.83 Å². The largest absolute Gasteiger partial charge is 0.0930 e. The third-order valence-electron chi connectivity index (χ3n) is 0.230. The second-order valence-electron chi connectivity index (χ2n) is 0.947. The molecule has 0 aromatic carbocycles. The third kappa shape index (κ3) is 4.83. The molecule has 0 aliphatic carbocycles. The first-order valence-electron chi connectivity index (χ1n) is 1.49. The predicted molar refractivity (Wildman–Crippen MR) is 30.8 cm³/mol. The summed E-state index contributed by atoms with van der Waals surface area (Å²) in [5.74, 6) is 0.806. The minimum atomic E-state index is 0.512. The third-order valence-corrected chi connectivity index (χ3v) is 1.48. The van der Waals surface area contributed by atoms with Crippen molar-refractivity contribution in [2.45, 2.75) is 11.8 Å². The van der Waals surface area contributed by atoms with Crippen LogP contribution in [-0.4, -0.2) is 10.6 Å². The Labute approximate surface area is 46.5 Å². The van der Waals surface area contributed by atoms with Gasteiger partial charge in [-0.05, 0) is 0 Å². The van der Waals surface area contributed by atoms with Gasteiger partial charge >= 0.3 is 0 Å². The summed E-state index contributed by atoms with van der Waals surface area (Å²) in [6.07, 6.45) is 0. The molecule has 5 heavy (non-hydrogen) atoms. The number of alkyl halides is 1. The van der Waals surface area contributed by atoms with E-state index < -0.39 is 0 Å². The van der Waals surface area contributed by atoms with Gasteiger partial charge in [-0.15, -0.1) is 0 Å². The Balaban J connectivity index is 2.54. The Morgan fingerprint density at radius 3 is 2.20 bits per heavy atom. The van der Waals surface area contributed by atoms with Crippen LogP contribution in [0.15, 0.2) is 0 Å². The van der Waals surface area contributed by atoms with Crippen molar-refractivity contribution in [1.82, 2.24) is 0 Å². The second-order valence-corrected chi connectivity index (χ2v) is 2.84. The summed E-state index contributed by atoms with van der Waals surface area (Å²) in [6.45, 7) is 2.03. The van der Waals surface area contributed by atoms with E-state index in [4.69, 9.17) is 0 Å². The lowest BCUT2D eigenvalue weighted by molar-refractivity contribution is 1.16. The maximum Gasteiger partial charge on any atom is 0.0216 e. The Kier molecular flexibility index (Phi) is 3.54. The van der Waals surface area contributed by atoms with Crippen LogP contribution in [0.1, 0.15) is 6.92 Å². The minimum absolute atomic E-state index is 0.512. The van der Waals surface area contributed by atoms with Gasteiger partial charge < -0.3 is 0 Å². The summed E-state index contributed by atoms with van der Waals surface area (Å²) in [4.78, 5) is 0.512. The Morgan fingerprint density at radius 2 is 2.20 bits per heavy atom. The maximum absolute atomic E-state index is 4.63. The average Bonchev–Trinajstić information content (AvgIpc) is 1.38. The van der Waals surface area contributed by atoms with Crippen molar-refractivity contribution in [3.05, 3.63) is 0 Å². The SMILES string of the molecule is CC(Br)C[S]. The van der Waals surface area contributed by atoms with Crippen molar-refractivity contribution in [3.63, 3.8) is 0 Å². The molecule has 0 fully saturated rings. The zero-order chi connectivity index (χ0) is 4.28. The summed E-state index contributed by atoms with van der Waals surface area (Å²) in [7, 11) is 0. The van der Waals surface area contributed by atoms with Gasteiger partial charge in [0.25, 0.3) is 0 Å². The molecular weight excluding hydrogens is 148 g/mol. The van der Waals surface area contributed by atoms with Crippen LogP contribution >= 0.6 is 28.6 Å². The molecule has 1 unspecified atom stereocenters. The Hall–Kier alpha value is 0.830. The lowest BCUT2D eigenvalue weighted by Gasteiger charge is -1.86. The lowest BCUT2D eigenvalue weighted by atomic mass is 10.6. The summed E-state index contributed by atoms with van der Waals surface area (Å²) < 4.78 is 0. The fourth-order valence-corrected chi connectivity index (χ4v) is 0. The molecule has 0 aliphatic heterocycles. The van der Waals surface area contributed by atoms with E-state index in [9.17, 15) is 0 Å². The van der Waals surface area contributed by atoms with Crippen molar-refractivity contribution in [3.8, 4) is 0 Å². The van der Waals surface area contributed by atoms with Gasteiger partial charge in [0.15, 0.2) is 0 Å². The standard InChI is InChI=1S/C3H6BrS/c1-3(4)2-5/h3H,2H2,1H3. The lowest BCUT2D eigenvalue weighted by Crippen LogP contribution is -1.86. The molecule has 0 spiro atoms. The summed E-state index contributed by atoms with van der Waals surface area (Å²) in [5, 5.41) is 0. The molecule has 0 rings (SSSR count). The number of rotatable bonds is 1. The molecule has 0 N–H and O–H groups in total. The molecule has 0 aromatic rings. The quantitative estimate of drug-likeness (QED) is 0.506. The van der Waals surface area contributed by atoms with Gasteiger partial charge in [-0.2, -0.15) is 0 Å². The van der Waals surface area contributed by atoms with E-state index in [0.717, 1.165) is 5.75 Å². The second kappa shape index (κ2) is 3.04. The van der Waals surface area contributed by atoms with Crippen LogP contribution in [0, 0.1) is 0 Å². The van der Waals surface area contributed by atoms with E-state index in [1.165, 1.54) is 0 Å². The zero-order valence-electron chi connectivity index (χ0n) is 3.07. The molecule has 0 heterocycles. The van der Waals surface area contributed by atoms with Crippen molar-refractivity contribution >= 4 is 28.6 Å². The molecule has 0 aromatic heterocycles. The Morgan fingerprint density at radius 1 is 2.00 bits per heavy atom. The summed E-state index contributed by atoms with van der Waals surface area (Å²) in [5.41, 5.74) is 0. The molecule has 0 amide bonds. The molecule has 0 bridgehead atoms. The monoisotopic (exact) mass is 153 g/mol. The molecule has 2 heteroatoms. The van der Waals surface area contributed by atoms with Crippen molar-refractivity contribution in [2.75, 3.05) is 5.75 Å². The van der Waals surface area contributed by atoms with Crippen molar-refractivity contribution in [1.29, 1.82) is 0 Å². The molecule has 1 atom stereocenters. The van der Waals surface area contributed by atoms with Crippen molar-refractivity contribution < 1.29 is 0 Å². The van der Waals surface area contributed by atoms with Gasteiger partial charge in [0.1, 0.15) is 0 Å². The van der Waals surface area contributed by atoms with E-state index in [1.54, 1.807) is 0 Å². The van der Waals surface area contributed by atoms with E-state index in [2.05, 4.69) is 28.6 Å². The number of halogens is 1. The smallest absolute Gasteiger partial charge is 0.0216 e. The molecule has 0 saturated carbocycles. The molecule has 1 radical (unpaired) electrons. The van der Waals surface area contributed by atoms with Gasteiger partial charge in [-0.25, -0.2) is 0 Å². The normalized spacial score (nSPS) is 15.0. The first kappa shape index (κ1) is 5.83. The van der Waals surface area contributed by atoms with Crippen LogP contribution in [0.3, 0.4) is 0 Å². The van der Waals surface area contributed by atoms with Crippen LogP contribution < -0.4 is 0 Å². The van der Waals surface area contributed by atoms with Crippen molar-refractivity contribution in [2.24, 2.45) is 0 Å². The zero-order valence-corrected chi connectivity index (χ0v) is 5.47. The highest BCUT2D eigenvalue weighted by Gasteiger charge is 1.84. The summed E-state index contributed by atoms with van der Waals surface area (Å²) in [6, 6.07) is 0. The first-order valence-corrected chi connectivity index (χ1v) is 2.99. The summed E-state index contributed by atoms with van der Waals surface area (Å²) >= 11 is 7.90. The van der Waals surface area contributed by atoms with E-state index in [-0.39, 0.29) is 0 Å². The van der Waals surface area contributed by atoms with Gasteiger partial charge in [-0.1, -0.05) is 35.5 Å². The van der Waals surface area contributed by atoms with Gasteiger partial charge in [0.05, 0.1) is 0 Å². The number of hydrogen-bond acceptors (Lipinski definition) is 0. The highest BCUT2D eigenvalue weighted by atomic mass is 79.9. The molecule has 0 saturated heterocycles. The minimum Gasteiger partial charge on any atom is -0.0930 e. The van der Waals surface area contributed by atoms with Gasteiger partial charge in [0, 0.05) is 10.6 Å². The van der Waals surface area contributed by atoms with Crippen LogP contribution in [-0.2, 0) is 0 Å². The highest BCUT2D eigenvalue weighted by Crippen LogP contribution is 1.96. The Bertz CT molecular complexity index is 20.9. The average molecular weight is 154 g/mol. The number of hydrogen-bond donors (Lipinski definition) is 0. The van der Waals surface area contributed by atoms with E-state index in [1.807, 2.05) is 6.92 Å². The molecule has 0 aliphatic rings. The van der Waals surface area contributed by atoms with Crippen LogP contribution in [0.25, 0.3) is 0 Å². The van der Waals surface area contributed by atoms with Crippen LogP contribution in [0.4, 0.5) is 0 Å². The highest BCUT2D eigenvalue weighted by molar-refractivity contribution is 9.09. The fraction of sp³-hybridized carbons (Fsp3) is 1.00.